The Morgan fingerprint density at radius 3 is 2.17 bits per heavy atom. The van der Waals surface area contributed by atoms with E-state index in [2.05, 4.69) is 20.8 Å². The molecule has 5 heteroatoms. The van der Waals surface area contributed by atoms with E-state index >= 15 is 0 Å². The SMILES string of the molecule is CC1(C)C2CCC1(C)C(C(=Cc1cc(O)c(O)c(O)c1)C(=O)O)C2. The molecular formula is C19H24O5. The molecule has 0 radical (unpaired) electrons. The second-order valence-corrected chi connectivity index (χ2v) is 7.98. The van der Waals surface area contributed by atoms with E-state index in [0.717, 1.165) is 19.3 Å². The lowest BCUT2D eigenvalue weighted by Gasteiger charge is -2.39. The minimum Gasteiger partial charge on any atom is -0.504 e. The van der Waals surface area contributed by atoms with E-state index in [1.54, 1.807) is 0 Å². The number of aliphatic carboxylic acids is 1. The lowest BCUT2D eigenvalue weighted by molar-refractivity contribution is -0.133. The fraction of sp³-hybridized carbons (Fsp3) is 0.526. The molecule has 4 N–H and O–H groups in total. The summed E-state index contributed by atoms with van der Waals surface area (Å²) in [5.74, 6) is -2.07. The van der Waals surface area contributed by atoms with E-state index in [-0.39, 0.29) is 16.7 Å². The molecule has 0 aliphatic heterocycles. The molecule has 0 amide bonds. The molecule has 3 rings (SSSR count). The first kappa shape index (κ1) is 16.7. The molecule has 0 spiro atoms. The first-order valence-electron chi connectivity index (χ1n) is 8.27. The first-order chi connectivity index (χ1) is 11.1. The van der Waals surface area contributed by atoms with Crippen molar-refractivity contribution in [1.29, 1.82) is 0 Å². The lowest BCUT2D eigenvalue weighted by atomic mass is 9.64. The van der Waals surface area contributed by atoms with E-state index in [1.165, 1.54) is 18.2 Å². The van der Waals surface area contributed by atoms with Crippen LogP contribution in [-0.4, -0.2) is 26.4 Å². The number of benzene rings is 1. The van der Waals surface area contributed by atoms with Gasteiger partial charge < -0.3 is 20.4 Å². The Morgan fingerprint density at radius 1 is 1.17 bits per heavy atom. The maximum atomic E-state index is 11.9. The lowest BCUT2D eigenvalue weighted by Crippen LogP contribution is -2.34. The van der Waals surface area contributed by atoms with Gasteiger partial charge >= 0.3 is 5.97 Å². The van der Waals surface area contributed by atoms with E-state index in [4.69, 9.17) is 0 Å². The van der Waals surface area contributed by atoms with Crippen LogP contribution in [0.25, 0.3) is 6.08 Å². The molecule has 1 aromatic carbocycles. The molecule has 3 unspecified atom stereocenters. The normalized spacial score (nSPS) is 31.4. The van der Waals surface area contributed by atoms with Crippen LogP contribution in [0.2, 0.25) is 0 Å². The Hall–Kier alpha value is -2.17. The molecule has 0 saturated heterocycles. The average molecular weight is 332 g/mol. The van der Waals surface area contributed by atoms with Gasteiger partial charge in [0.15, 0.2) is 17.2 Å². The maximum absolute atomic E-state index is 11.9. The van der Waals surface area contributed by atoms with Gasteiger partial charge in [0.2, 0.25) is 0 Å². The van der Waals surface area contributed by atoms with Gasteiger partial charge in [0.1, 0.15) is 0 Å². The van der Waals surface area contributed by atoms with E-state index < -0.39 is 23.2 Å². The molecule has 5 nitrogen and oxygen atoms in total. The molecule has 0 heterocycles. The number of hydrogen-bond donors (Lipinski definition) is 4. The second kappa shape index (κ2) is 5.16. The average Bonchev–Trinajstić information content (AvgIpc) is 2.82. The van der Waals surface area contributed by atoms with Crippen molar-refractivity contribution >= 4 is 12.0 Å². The Labute approximate surface area is 141 Å². The molecule has 2 bridgehead atoms. The number of fused-ring (bicyclic) bond motifs is 2. The van der Waals surface area contributed by atoms with Gasteiger partial charge in [-0.15, -0.1) is 0 Å². The largest absolute Gasteiger partial charge is 0.504 e. The number of phenolic OH excluding ortho intramolecular Hbond substituents is 3. The highest BCUT2D eigenvalue weighted by atomic mass is 16.4. The first-order valence-corrected chi connectivity index (χ1v) is 8.27. The number of carboxylic acids is 1. The minimum absolute atomic E-state index is 0.0677. The summed E-state index contributed by atoms with van der Waals surface area (Å²) in [6.07, 6.45) is 4.49. The highest BCUT2D eigenvalue weighted by molar-refractivity contribution is 5.93. The van der Waals surface area contributed by atoms with Crippen molar-refractivity contribution in [3.8, 4) is 17.2 Å². The summed E-state index contributed by atoms with van der Waals surface area (Å²) in [7, 11) is 0. The predicted molar refractivity (Wildman–Crippen MR) is 89.8 cm³/mol. The van der Waals surface area contributed by atoms with Crippen LogP contribution in [0, 0.1) is 22.7 Å². The second-order valence-electron chi connectivity index (χ2n) is 7.98. The van der Waals surface area contributed by atoms with Crippen LogP contribution in [0.5, 0.6) is 17.2 Å². The van der Waals surface area contributed by atoms with Crippen molar-refractivity contribution in [2.75, 3.05) is 0 Å². The molecule has 1 aromatic rings. The molecule has 24 heavy (non-hydrogen) atoms. The Kier molecular flexibility index (Phi) is 3.59. The van der Waals surface area contributed by atoms with Crippen LogP contribution < -0.4 is 0 Å². The molecule has 0 aromatic heterocycles. The minimum atomic E-state index is -0.975. The number of hydrogen-bond acceptors (Lipinski definition) is 4. The van der Waals surface area contributed by atoms with Crippen molar-refractivity contribution in [2.45, 2.75) is 40.0 Å². The van der Waals surface area contributed by atoms with Crippen molar-refractivity contribution in [2.24, 2.45) is 22.7 Å². The zero-order valence-corrected chi connectivity index (χ0v) is 14.2. The van der Waals surface area contributed by atoms with E-state index in [9.17, 15) is 25.2 Å². The zero-order valence-electron chi connectivity index (χ0n) is 14.2. The van der Waals surface area contributed by atoms with E-state index in [1.807, 2.05) is 0 Å². The van der Waals surface area contributed by atoms with Gasteiger partial charge in [0, 0.05) is 5.57 Å². The summed E-state index contributed by atoms with van der Waals surface area (Å²) in [5, 5.41) is 38.5. The van der Waals surface area contributed by atoms with Gasteiger partial charge in [0.05, 0.1) is 0 Å². The Balaban J connectivity index is 2.05. The molecule has 2 aliphatic rings. The van der Waals surface area contributed by atoms with Crippen molar-refractivity contribution in [3.05, 3.63) is 23.3 Å². The smallest absolute Gasteiger partial charge is 0.331 e. The van der Waals surface area contributed by atoms with Crippen LogP contribution in [0.3, 0.4) is 0 Å². The summed E-state index contributed by atoms with van der Waals surface area (Å²) in [6, 6.07) is 2.53. The van der Waals surface area contributed by atoms with Crippen molar-refractivity contribution < 1.29 is 25.2 Å². The molecular weight excluding hydrogens is 308 g/mol. The van der Waals surface area contributed by atoms with Crippen LogP contribution in [0.15, 0.2) is 17.7 Å². The number of carboxylic acid groups (broad SMARTS) is 1. The number of rotatable bonds is 3. The summed E-state index contributed by atoms with van der Waals surface area (Å²) >= 11 is 0. The van der Waals surface area contributed by atoms with E-state index in [0.29, 0.717) is 17.1 Å². The van der Waals surface area contributed by atoms with Gasteiger partial charge in [-0.1, -0.05) is 20.8 Å². The quantitative estimate of drug-likeness (QED) is 0.499. The third-order valence-corrected chi connectivity index (χ3v) is 6.83. The van der Waals surface area contributed by atoms with Crippen molar-refractivity contribution in [1.82, 2.24) is 0 Å². The van der Waals surface area contributed by atoms with Gasteiger partial charge in [-0.3, -0.25) is 0 Å². The Bertz CT molecular complexity index is 710. The number of phenols is 3. The Morgan fingerprint density at radius 2 is 1.75 bits per heavy atom. The van der Waals surface area contributed by atoms with Crippen molar-refractivity contribution in [3.63, 3.8) is 0 Å². The molecule has 3 atom stereocenters. The van der Waals surface area contributed by atoms with Crippen LogP contribution in [0.4, 0.5) is 0 Å². The summed E-state index contributed by atoms with van der Waals surface area (Å²) in [6.45, 7) is 6.62. The molecule has 130 valence electrons. The summed E-state index contributed by atoms with van der Waals surface area (Å²) in [5.41, 5.74) is 0.676. The van der Waals surface area contributed by atoms with Gasteiger partial charge in [-0.05, 0) is 65.7 Å². The molecule has 2 fully saturated rings. The fourth-order valence-corrected chi connectivity index (χ4v) is 4.87. The van der Waals surface area contributed by atoms with Gasteiger partial charge in [0.25, 0.3) is 0 Å². The highest BCUT2D eigenvalue weighted by Gasteiger charge is 2.62. The fourth-order valence-electron chi connectivity index (χ4n) is 4.87. The van der Waals surface area contributed by atoms with Crippen LogP contribution in [0.1, 0.15) is 45.6 Å². The van der Waals surface area contributed by atoms with Crippen LogP contribution in [-0.2, 0) is 4.79 Å². The molecule has 2 aliphatic carbocycles. The summed E-state index contributed by atoms with van der Waals surface area (Å²) in [4.78, 5) is 11.9. The van der Waals surface area contributed by atoms with Gasteiger partial charge in [-0.25, -0.2) is 4.79 Å². The third-order valence-electron chi connectivity index (χ3n) is 6.83. The topological polar surface area (TPSA) is 98.0 Å². The maximum Gasteiger partial charge on any atom is 0.331 e. The van der Waals surface area contributed by atoms with Crippen LogP contribution >= 0.6 is 0 Å². The monoisotopic (exact) mass is 332 g/mol. The highest BCUT2D eigenvalue weighted by Crippen LogP contribution is 2.69. The summed E-state index contributed by atoms with van der Waals surface area (Å²) < 4.78 is 0. The molecule has 2 saturated carbocycles. The third kappa shape index (κ3) is 2.18. The standard InChI is InChI=1S/C19H24O5/c1-18(2)11-4-5-19(18,3)13(9-11)12(17(23)24)6-10-7-14(20)16(22)15(21)8-10/h6-8,11,13,20-22H,4-5,9H2,1-3H3,(H,23,24). The zero-order chi connectivity index (χ0) is 17.9. The van der Waals surface area contributed by atoms with Gasteiger partial charge in [-0.2, -0.15) is 0 Å². The predicted octanol–water partition coefficient (Wildman–Crippen LogP) is 3.73. The number of aromatic hydroxyl groups is 3. The number of carbonyl (C=O) groups is 1.